The molecule has 204 valence electrons. The Kier molecular flexibility index (Phi) is 7.07. The summed E-state index contributed by atoms with van der Waals surface area (Å²) in [7, 11) is 0. The van der Waals surface area contributed by atoms with Crippen LogP contribution in [-0.2, 0) is 23.1 Å². The van der Waals surface area contributed by atoms with Gasteiger partial charge in [-0.25, -0.2) is 4.79 Å². The monoisotopic (exact) mass is 523 g/mol. The number of benzene rings is 2. The maximum atomic E-state index is 12.3. The second-order valence-electron chi connectivity index (χ2n) is 12.9. The molecule has 2 aromatic carbocycles. The highest BCUT2D eigenvalue weighted by molar-refractivity contribution is 5.89. The number of ether oxygens (including phenoxy) is 1. The van der Waals surface area contributed by atoms with E-state index in [1.165, 1.54) is 48.8 Å². The van der Waals surface area contributed by atoms with Crippen LogP contribution in [0, 0.1) is 5.92 Å². The quantitative estimate of drug-likeness (QED) is 0.376. The first-order valence-corrected chi connectivity index (χ1v) is 14.6. The zero-order valence-electron chi connectivity index (χ0n) is 23.6. The minimum atomic E-state index is -0.472. The first-order chi connectivity index (χ1) is 18.8. The van der Waals surface area contributed by atoms with Crippen LogP contribution in [0.2, 0.25) is 0 Å². The van der Waals surface area contributed by atoms with Gasteiger partial charge >= 0.3 is 5.97 Å². The van der Waals surface area contributed by atoms with Crippen molar-refractivity contribution in [1.29, 1.82) is 0 Å². The highest BCUT2D eigenvalue weighted by Gasteiger charge is 2.57. The minimum Gasteiger partial charge on any atom is -0.456 e. The number of hydrogen-bond acceptors (Lipinski definition) is 5. The molecule has 0 bridgehead atoms. The van der Waals surface area contributed by atoms with Gasteiger partial charge in [-0.1, -0.05) is 36.4 Å². The molecule has 2 fully saturated rings. The molecule has 1 aromatic heterocycles. The van der Waals surface area contributed by atoms with Crippen molar-refractivity contribution in [3.63, 3.8) is 0 Å². The fourth-order valence-corrected chi connectivity index (χ4v) is 6.61. The fourth-order valence-electron chi connectivity index (χ4n) is 6.61. The molecule has 2 unspecified atom stereocenters. The van der Waals surface area contributed by atoms with Gasteiger partial charge in [-0.2, -0.15) is 0 Å². The van der Waals surface area contributed by atoms with Crippen LogP contribution >= 0.6 is 0 Å². The second-order valence-corrected chi connectivity index (χ2v) is 12.9. The number of carbonyl (C=O) groups excluding carboxylic acids is 1. The second kappa shape index (κ2) is 10.5. The molecule has 3 aliphatic rings. The number of esters is 1. The molecule has 1 saturated carbocycles. The fraction of sp³-hybridized carbons (Fsp3) is 0.471. The van der Waals surface area contributed by atoms with Crippen LogP contribution in [0.5, 0.6) is 0 Å². The Bertz CT molecular complexity index is 1310. The SMILES string of the molecule is CC(C)(C)OC(=O)c1ccc(CN2CCC(CNC3CC34CCc3ccc(-c5cccnc5)cc34)CC2)cc1. The van der Waals surface area contributed by atoms with Crippen LogP contribution < -0.4 is 5.32 Å². The average Bonchev–Trinajstić information content (AvgIpc) is 3.53. The molecule has 2 heterocycles. The molecule has 3 aromatic rings. The molecule has 1 N–H and O–H groups in total. The summed E-state index contributed by atoms with van der Waals surface area (Å²) in [6, 6.07) is 19.8. The highest BCUT2D eigenvalue weighted by atomic mass is 16.6. The number of aromatic nitrogens is 1. The van der Waals surface area contributed by atoms with E-state index in [0.717, 1.165) is 32.1 Å². The third-order valence-electron chi connectivity index (χ3n) is 8.91. The van der Waals surface area contributed by atoms with Gasteiger partial charge in [0.1, 0.15) is 5.60 Å². The van der Waals surface area contributed by atoms with Crippen LogP contribution in [0.1, 0.15) is 73.5 Å². The zero-order chi connectivity index (χ0) is 27.0. The van der Waals surface area contributed by atoms with Gasteiger partial charge in [0.15, 0.2) is 0 Å². The molecule has 0 radical (unpaired) electrons. The zero-order valence-corrected chi connectivity index (χ0v) is 23.6. The number of rotatable bonds is 7. The topological polar surface area (TPSA) is 54.5 Å². The van der Waals surface area contributed by atoms with Crippen molar-refractivity contribution in [3.8, 4) is 11.1 Å². The Morgan fingerprint density at radius 1 is 1.08 bits per heavy atom. The van der Waals surface area contributed by atoms with E-state index in [0.29, 0.717) is 17.0 Å². The number of nitrogens with one attached hydrogen (secondary N) is 1. The summed E-state index contributed by atoms with van der Waals surface area (Å²) in [5.41, 5.74) is 7.37. The van der Waals surface area contributed by atoms with Crippen LogP contribution in [0.3, 0.4) is 0 Å². The third-order valence-corrected chi connectivity index (χ3v) is 8.91. The van der Waals surface area contributed by atoms with Crippen LogP contribution in [-0.4, -0.2) is 47.1 Å². The molecule has 2 atom stereocenters. The lowest BCUT2D eigenvalue weighted by Gasteiger charge is -2.32. The summed E-state index contributed by atoms with van der Waals surface area (Å²) < 4.78 is 5.48. The molecule has 0 amide bonds. The van der Waals surface area contributed by atoms with Crippen molar-refractivity contribution in [3.05, 3.63) is 89.2 Å². The van der Waals surface area contributed by atoms with Crippen molar-refractivity contribution in [2.75, 3.05) is 19.6 Å². The van der Waals surface area contributed by atoms with E-state index in [2.05, 4.69) is 51.6 Å². The van der Waals surface area contributed by atoms with E-state index in [9.17, 15) is 4.79 Å². The summed E-state index contributed by atoms with van der Waals surface area (Å²) in [6.45, 7) is 10.0. The Morgan fingerprint density at radius 3 is 2.59 bits per heavy atom. The van der Waals surface area contributed by atoms with Gasteiger partial charge < -0.3 is 10.1 Å². The normalized spacial score (nSPS) is 23.1. The summed E-state index contributed by atoms with van der Waals surface area (Å²) in [5, 5.41) is 3.98. The number of carbonyl (C=O) groups is 1. The van der Waals surface area contributed by atoms with E-state index < -0.39 is 5.60 Å². The van der Waals surface area contributed by atoms with Crippen LogP contribution in [0.4, 0.5) is 0 Å². The molecule has 39 heavy (non-hydrogen) atoms. The molecular formula is C34H41N3O2. The maximum Gasteiger partial charge on any atom is 0.338 e. The van der Waals surface area contributed by atoms with Gasteiger partial charge in [0.2, 0.25) is 0 Å². The molecule has 2 aliphatic carbocycles. The van der Waals surface area contributed by atoms with E-state index in [4.69, 9.17) is 4.74 Å². The maximum absolute atomic E-state index is 12.3. The van der Waals surface area contributed by atoms with Gasteiger partial charge in [0.25, 0.3) is 0 Å². The first kappa shape index (κ1) is 26.2. The molecule has 1 aliphatic heterocycles. The standard InChI is InChI=1S/C34H41N3O2/c1-33(2,3)39-32(38)27-8-6-25(7-9-27)23-37-17-13-24(14-18-37)21-36-31-20-34(31)15-12-26-10-11-28(19-30(26)34)29-5-4-16-35-22-29/h4-11,16,19,22,24,31,36H,12-15,17-18,20-21,23H2,1-3H3. The number of fused-ring (bicyclic) bond motifs is 2. The largest absolute Gasteiger partial charge is 0.456 e. The molecule has 1 saturated heterocycles. The summed E-state index contributed by atoms with van der Waals surface area (Å²) in [5.74, 6) is 0.492. The van der Waals surface area contributed by atoms with Crippen LogP contribution in [0.15, 0.2) is 67.0 Å². The summed E-state index contributed by atoms with van der Waals surface area (Å²) in [4.78, 5) is 19.2. The lowest BCUT2D eigenvalue weighted by atomic mass is 9.93. The highest BCUT2D eigenvalue weighted by Crippen LogP contribution is 2.57. The number of hydrogen-bond donors (Lipinski definition) is 1. The number of piperidine rings is 1. The predicted molar refractivity (Wildman–Crippen MR) is 156 cm³/mol. The Morgan fingerprint density at radius 2 is 1.87 bits per heavy atom. The molecule has 5 heteroatoms. The van der Waals surface area contributed by atoms with E-state index in [1.54, 1.807) is 11.1 Å². The van der Waals surface area contributed by atoms with Gasteiger partial charge in [0.05, 0.1) is 5.56 Å². The van der Waals surface area contributed by atoms with E-state index in [1.807, 2.05) is 51.4 Å². The lowest BCUT2D eigenvalue weighted by Crippen LogP contribution is -2.38. The Balaban J connectivity index is 0.974. The van der Waals surface area contributed by atoms with Crippen molar-refractivity contribution in [2.24, 2.45) is 5.92 Å². The van der Waals surface area contributed by atoms with Gasteiger partial charge in [0, 0.05) is 30.4 Å². The third kappa shape index (κ3) is 5.80. The molecule has 6 rings (SSSR count). The van der Waals surface area contributed by atoms with E-state index in [-0.39, 0.29) is 5.97 Å². The van der Waals surface area contributed by atoms with Crippen molar-refractivity contribution >= 4 is 5.97 Å². The first-order valence-electron chi connectivity index (χ1n) is 14.6. The Hall–Kier alpha value is -3.02. The van der Waals surface area contributed by atoms with E-state index >= 15 is 0 Å². The number of nitrogens with zero attached hydrogens (tertiary/aromatic N) is 2. The van der Waals surface area contributed by atoms with Gasteiger partial charge in [-0.3, -0.25) is 9.88 Å². The van der Waals surface area contributed by atoms with Crippen molar-refractivity contribution in [2.45, 2.75) is 76.5 Å². The number of pyridine rings is 1. The Labute approximate surface area is 233 Å². The number of likely N-dealkylation sites (tertiary alicyclic amines) is 1. The average molecular weight is 524 g/mol. The van der Waals surface area contributed by atoms with Crippen molar-refractivity contribution in [1.82, 2.24) is 15.2 Å². The molecule has 1 spiro atoms. The van der Waals surface area contributed by atoms with Gasteiger partial charge in [-0.05, 0) is 124 Å². The van der Waals surface area contributed by atoms with Gasteiger partial charge in [-0.15, -0.1) is 0 Å². The lowest BCUT2D eigenvalue weighted by molar-refractivity contribution is 0.00695. The van der Waals surface area contributed by atoms with Crippen LogP contribution in [0.25, 0.3) is 11.1 Å². The predicted octanol–water partition coefficient (Wildman–Crippen LogP) is 6.16. The number of aryl methyl sites for hydroxylation is 1. The summed E-state index contributed by atoms with van der Waals surface area (Å²) in [6.07, 6.45) is 10.1. The smallest absolute Gasteiger partial charge is 0.338 e. The van der Waals surface area contributed by atoms with Crippen molar-refractivity contribution < 1.29 is 9.53 Å². The summed E-state index contributed by atoms with van der Waals surface area (Å²) >= 11 is 0. The molecule has 5 nitrogen and oxygen atoms in total. The molecular weight excluding hydrogens is 482 g/mol. The minimum absolute atomic E-state index is 0.255.